The Morgan fingerprint density at radius 1 is 1.03 bits per heavy atom. The molecule has 7 heteroatoms. The van der Waals surface area contributed by atoms with Crippen LogP contribution >= 0.6 is 0 Å². The van der Waals surface area contributed by atoms with Crippen molar-refractivity contribution >= 4 is 0 Å². The lowest BCUT2D eigenvalue weighted by Crippen LogP contribution is -2.35. The maximum Gasteiger partial charge on any atom is 0.258 e. The van der Waals surface area contributed by atoms with E-state index in [1.165, 1.54) is 5.56 Å². The van der Waals surface area contributed by atoms with Crippen molar-refractivity contribution < 1.29 is 9.26 Å². The van der Waals surface area contributed by atoms with Gasteiger partial charge in [0.2, 0.25) is 5.82 Å². The Morgan fingerprint density at radius 2 is 1.94 bits per heavy atom. The van der Waals surface area contributed by atoms with Crippen LogP contribution in [0, 0.1) is 12.8 Å². The normalized spacial score (nSPS) is 14.9. The van der Waals surface area contributed by atoms with Crippen molar-refractivity contribution in [3.05, 3.63) is 78.4 Å². The third kappa shape index (κ3) is 5.43. The fourth-order valence-corrected chi connectivity index (χ4v) is 4.05. The number of piperidine rings is 1. The molecule has 33 heavy (non-hydrogen) atoms. The minimum absolute atomic E-state index is 0.472. The number of aryl methyl sites for hydroxylation is 1. The summed E-state index contributed by atoms with van der Waals surface area (Å²) in [6.07, 6.45) is 7.80. The lowest BCUT2D eigenvalue weighted by atomic mass is 9.97. The van der Waals surface area contributed by atoms with Gasteiger partial charge < -0.3 is 9.26 Å². The van der Waals surface area contributed by atoms with Gasteiger partial charge in [-0.05, 0) is 80.7 Å². The molecule has 1 saturated heterocycles. The molecule has 1 aliphatic heterocycles. The molecule has 1 fully saturated rings. The van der Waals surface area contributed by atoms with Crippen LogP contribution in [0.3, 0.4) is 0 Å². The van der Waals surface area contributed by atoms with Crippen LogP contribution in [-0.2, 0) is 6.54 Å². The number of ether oxygens (including phenoxy) is 1. The number of pyridine rings is 2. The number of aromatic nitrogens is 4. The van der Waals surface area contributed by atoms with E-state index in [4.69, 9.17) is 9.26 Å². The zero-order valence-corrected chi connectivity index (χ0v) is 18.7. The van der Waals surface area contributed by atoms with Gasteiger partial charge in [0.15, 0.2) is 0 Å². The first kappa shape index (κ1) is 21.3. The zero-order chi connectivity index (χ0) is 22.5. The summed E-state index contributed by atoms with van der Waals surface area (Å²) in [5.74, 6) is 2.38. The number of benzene rings is 1. The topological polar surface area (TPSA) is 77.2 Å². The Balaban J connectivity index is 1.15. The van der Waals surface area contributed by atoms with E-state index in [2.05, 4.69) is 31.1 Å². The predicted octanol–water partition coefficient (Wildman–Crippen LogP) is 4.79. The molecule has 0 amide bonds. The molecule has 0 saturated carbocycles. The first-order valence-corrected chi connectivity index (χ1v) is 11.3. The summed E-state index contributed by atoms with van der Waals surface area (Å²) >= 11 is 0. The van der Waals surface area contributed by atoms with Crippen LogP contribution in [0.15, 0.2) is 71.6 Å². The quantitative estimate of drug-likeness (QED) is 0.408. The van der Waals surface area contributed by atoms with E-state index < -0.39 is 0 Å². The highest BCUT2D eigenvalue weighted by atomic mass is 16.5. The summed E-state index contributed by atoms with van der Waals surface area (Å²) < 4.78 is 11.6. The average molecular weight is 442 g/mol. The lowest BCUT2D eigenvalue weighted by molar-refractivity contribution is 0.136. The molecule has 0 unspecified atom stereocenters. The van der Waals surface area contributed by atoms with Crippen LogP contribution < -0.4 is 4.74 Å². The molecule has 0 aliphatic carbocycles. The van der Waals surface area contributed by atoms with E-state index in [0.29, 0.717) is 24.2 Å². The van der Waals surface area contributed by atoms with Crippen molar-refractivity contribution in [2.75, 3.05) is 19.7 Å². The Hall–Kier alpha value is -3.58. The maximum atomic E-state index is 6.14. The van der Waals surface area contributed by atoms with Gasteiger partial charge in [-0.25, -0.2) is 0 Å². The van der Waals surface area contributed by atoms with Crippen molar-refractivity contribution in [1.82, 2.24) is 25.0 Å². The molecule has 0 atom stereocenters. The first-order chi connectivity index (χ1) is 16.2. The van der Waals surface area contributed by atoms with E-state index in [1.807, 2.05) is 61.8 Å². The molecule has 0 spiro atoms. The van der Waals surface area contributed by atoms with Crippen molar-refractivity contribution in [2.24, 2.45) is 5.92 Å². The van der Waals surface area contributed by atoms with Crippen LogP contribution in [0.25, 0.3) is 22.8 Å². The molecule has 0 radical (unpaired) electrons. The van der Waals surface area contributed by atoms with E-state index in [0.717, 1.165) is 55.0 Å². The molecule has 5 rings (SSSR count). The van der Waals surface area contributed by atoms with Gasteiger partial charge in [-0.3, -0.25) is 14.9 Å². The molecular weight excluding hydrogens is 414 g/mol. The molecule has 3 aromatic heterocycles. The second-order valence-corrected chi connectivity index (χ2v) is 8.53. The standard InChI is InChI=1S/C26H27N5O2/c1-19-7-8-23(16-28-19)25-29-26(33-30-25)22-5-2-6-24(14-22)32-18-20-9-12-31(13-10-20)17-21-4-3-11-27-15-21/h2-8,11,14-16,20H,9-10,12-13,17-18H2,1H3. The lowest BCUT2D eigenvalue weighted by Gasteiger charge is -2.31. The first-order valence-electron chi connectivity index (χ1n) is 11.3. The highest BCUT2D eigenvalue weighted by Crippen LogP contribution is 2.26. The van der Waals surface area contributed by atoms with E-state index >= 15 is 0 Å². The highest BCUT2D eigenvalue weighted by molar-refractivity contribution is 5.60. The van der Waals surface area contributed by atoms with Gasteiger partial charge in [-0.2, -0.15) is 4.98 Å². The minimum Gasteiger partial charge on any atom is -0.493 e. The molecule has 1 aromatic carbocycles. The largest absolute Gasteiger partial charge is 0.493 e. The molecule has 4 aromatic rings. The number of hydrogen-bond acceptors (Lipinski definition) is 7. The van der Waals surface area contributed by atoms with E-state index in [9.17, 15) is 0 Å². The Morgan fingerprint density at radius 3 is 2.73 bits per heavy atom. The minimum atomic E-state index is 0.472. The fraction of sp³-hybridized carbons (Fsp3) is 0.308. The summed E-state index contributed by atoms with van der Waals surface area (Å²) in [7, 11) is 0. The van der Waals surface area contributed by atoms with Gasteiger partial charge in [-0.1, -0.05) is 17.3 Å². The Bertz CT molecular complexity index is 1170. The van der Waals surface area contributed by atoms with E-state index in [-0.39, 0.29) is 0 Å². The van der Waals surface area contributed by atoms with Crippen molar-refractivity contribution in [2.45, 2.75) is 26.3 Å². The highest BCUT2D eigenvalue weighted by Gasteiger charge is 2.20. The maximum absolute atomic E-state index is 6.14. The summed E-state index contributed by atoms with van der Waals surface area (Å²) in [4.78, 5) is 15.5. The predicted molar refractivity (Wildman–Crippen MR) is 125 cm³/mol. The van der Waals surface area contributed by atoms with Crippen LogP contribution in [0.4, 0.5) is 0 Å². The van der Waals surface area contributed by atoms with Crippen molar-refractivity contribution in [3.8, 4) is 28.6 Å². The number of nitrogens with zero attached hydrogens (tertiary/aromatic N) is 5. The molecular formula is C26H27N5O2. The Kier molecular flexibility index (Phi) is 6.39. The third-order valence-electron chi connectivity index (χ3n) is 6.00. The van der Waals surface area contributed by atoms with Gasteiger partial charge in [0.25, 0.3) is 5.89 Å². The number of hydrogen-bond donors (Lipinski definition) is 0. The molecule has 1 aliphatic rings. The van der Waals surface area contributed by atoms with E-state index in [1.54, 1.807) is 6.20 Å². The van der Waals surface area contributed by atoms with Gasteiger partial charge in [0.05, 0.1) is 6.61 Å². The molecule has 168 valence electrons. The number of rotatable bonds is 7. The summed E-state index contributed by atoms with van der Waals surface area (Å²) in [6, 6.07) is 15.9. The molecule has 0 N–H and O–H groups in total. The Labute approximate surface area is 193 Å². The van der Waals surface area contributed by atoms with Gasteiger partial charge in [-0.15, -0.1) is 0 Å². The smallest absolute Gasteiger partial charge is 0.258 e. The third-order valence-corrected chi connectivity index (χ3v) is 6.00. The van der Waals surface area contributed by atoms with Crippen LogP contribution in [0.5, 0.6) is 5.75 Å². The molecule has 4 heterocycles. The van der Waals surface area contributed by atoms with Gasteiger partial charge >= 0.3 is 0 Å². The van der Waals surface area contributed by atoms with Crippen LogP contribution in [0.2, 0.25) is 0 Å². The van der Waals surface area contributed by atoms with Crippen molar-refractivity contribution in [1.29, 1.82) is 0 Å². The van der Waals surface area contributed by atoms with Crippen molar-refractivity contribution in [3.63, 3.8) is 0 Å². The number of likely N-dealkylation sites (tertiary alicyclic amines) is 1. The summed E-state index contributed by atoms with van der Waals surface area (Å²) in [6.45, 7) is 5.80. The second kappa shape index (κ2) is 9.92. The zero-order valence-electron chi connectivity index (χ0n) is 18.7. The van der Waals surface area contributed by atoms with Gasteiger partial charge in [0, 0.05) is 42.0 Å². The SMILES string of the molecule is Cc1ccc(-c2noc(-c3cccc(OCC4CCN(Cc5cccnc5)CC4)c3)n2)cn1. The molecule has 7 nitrogen and oxygen atoms in total. The summed E-state index contributed by atoms with van der Waals surface area (Å²) in [5.41, 5.74) is 3.90. The monoisotopic (exact) mass is 441 g/mol. The molecule has 0 bridgehead atoms. The van der Waals surface area contributed by atoms with Crippen LogP contribution in [-0.4, -0.2) is 44.7 Å². The second-order valence-electron chi connectivity index (χ2n) is 8.53. The van der Waals surface area contributed by atoms with Crippen LogP contribution in [0.1, 0.15) is 24.1 Å². The summed E-state index contributed by atoms with van der Waals surface area (Å²) in [5, 5.41) is 4.10. The fourth-order valence-electron chi connectivity index (χ4n) is 4.05. The van der Waals surface area contributed by atoms with Gasteiger partial charge in [0.1, 0.15) is 5.75 Å². The average Bonchev–Trinajstić information content (AvgIpc) is 3.35.